The molecule has 0 atom stereocenters. The van der Waals surface area contributed by atoms with E-state index in [1.165, 1.54) is 11.3 Å². The molecule has 0 radical (unpaired) electrons. The average molecular weight is 541 g/mol. The highest BCUT2D eigenvalue weighted by molar-refractivity contribution is 7.15. The Morgan fingerprint density at radius 1 is 0.944 bits per heavy atom. The van der Waals surface area contributed by atoms with Gasteiger partial charge < -0.3 is 14.2 Å². The number of imidazole rings is 1. The minimum Gasteiger partial charge on any atom is -0.491 e. The van der Waals surface area contributed by atoms with Gasteiger partial charge in [-0.3, -0.25) is 4.79 Å². The van der Waals surface area contributed by atoms with Crippen LogP contribution in [0.25, 0.3) is 22.1 Å². The van der Waals surface area contributed by atoms with Crippen molar-refractivity contribution in [2.75, 3.05) is 26.4 Å². The van der Waals surface area contributed by atoms with E-state index in [4.69, 9.17) is 37.4 Å². The predicted molar refractivity (Wildman–Crippen MR) is 145 cm³/mol. The molecule has 9 heteroatoms. The molecule has 0 spiro atoms. The topological polar surface area (TPSA) is 62.1 Å². The van der Waals surface area contributed by atoms with Gasteiger partial charge in [-0.1, -0.05) is 64.9 Å². The normalized spacial score (nSPS) is 12.0. The number of nitrogens with zero attached hydrogens (tertiary/aromatic N) is 2. The van der Waals surface area contributed by atoms with Crippen LogP contribution >= 0.6 is 34.5 Å². The van der Waals surface area contributed by atoms with E-state index in [1.54, 1.807) is 22.6 Å². The Morgan fingerprint density at radius 3 is 2.42 bits per heavy atom. The molecule has 0 N–H and O–H groups in total. The van der Waals surface area contributed by atoms with E-state index < -0.39 is 0 Å². The van der Waals surface area contributed by atoms with Gasteiger partial charge in [0, 0.05) is 0 Å². The number of benzene rings is 3. The number of rotatable bonds is 9. The van der Waals surface area contributed by atoms with E-state index in [0.717, 1.165) is 22.3 Å². The van der Waals surface area contributed by atoms with Crippen molar-refractivity contribution in [2.45, 2.75) is 6.92 Å². The standard InChI is InChI=1S/C27H22Cl2N2O4S/c1-17-6-2-5-9-23(17)34-12-10-33-11-13-35-25-19(28)14-18(15-20(25)29)16-24-26(32)31-22-8-4-3-7-21(22)30-27(31)36-24/h2-9,14-16H,10-13H2,1H3/b24-16-. The van der Waals surface area contributed by atoms with Gasteiger partial charge in [0.1, 0.15) is 19.0 Å². The lowest BCUT2D eigenvalue weighted by atomic mass is 10.2. The highest BCUT2D eigenvalue weighted by Crippen LogP contribution is 2.34. The lowest BCUT2D eigenvalue weighted by molar-refractivity contribution is 0.0763. The number of thiazole rings is 1. The summed E-state index contributed by atoms with van der Waals surface area (Å²) < 4.78 is 19.2. The Morgan fingerprint density at radius 2 is 1.64 bits per heavy atom. The first-order valence-corrected chi connectivity index (χ1v) is 12.9. The summed E-state index contributed by atoms with van der Waals surface area (Å²) in [5, 5.41) is 0.715. The smallest absolute Gasteiger partial charge is 0.274 e. The number of aromatic nitrogens is 2. The first-order chi connectivity index (χ1) is 17.5. The second-order valence-corrected chi connectivity index (χ2v) is 9.85. The number of aryl methyl sites for hydroxylation is 1. The maximum absolute atomic E-state index is 13.0. The van der Waals surface area contributed by atoms with Gasteiger partial charge in [0.2, 0.25) is 0 Å². The Hall–Kier alpha value is -3.10. The summed E-state index contributed by atoms with van der Waals surface area (Å²) >= 11 is 14.2. The second kappa shape index (κ2) is 10.9. The van der Waals surface area contributed by atoms with E-state index >= 15 is 0 Å². The van der Waals surface area contributed by atoms with Crippen LogP contribution in [0.1, 0.15) is 11.1 Å². The summed E-state index contributed by atoms with van der Waals surface area (Å²) in [5.41, 5.74) is 3.24. The third-order valence-corrected chi connectivity index (χ3v) is 7.05. The molecule has 184 valence electrons. The first kappa shape index (κ1) is 24.6. The van der Waals surface area contributed by atoms with Crippen molar-refractivity contribution in [2.24, 2.45) is 0 Å². The maximum Gasteiger partial charge on any atom is 0.274 e. The number of ether oxygens (including phenoxy) is 3. The molecule has 5 rings (SSSR count). The van der Waals surface area contributed by atoms with Gasteiger partial charge in [0.05, 0.1) is 38.8 Å². The molecule has 0 amide bonds. The first-order valence-electron chi connectivity index (χ1n) is 11.3. The van der Waals surface area contributed by atoms with Gasteiger partial charge in [-0.2, -0.15) is 0 Å². The molecule has 0 unspecified atom stereocenters. The largest absolute Gasteiger partial charge is 0.491 e. The van der Waals surface area contributed by atoms with Gasteiger partial charge in [-0.05, 0) is 54.5 Å². The molecule has 0 saturated carbocycles. The molecule has 2 heterocycles. The van der Waals surface area contributed by atoms with Gasteiger partial charge in [-0.15, -0.1) is 0 Å². The van der Waals surface area contributed by atoms with E-state index in [2.05, 4.69) is 4.98 Å². The fraction of sp³-hybridized carbons (Fsp3) is 0.185. The van der Waals surface area contributed by atoms with Crippen LogP contribution in [0, 0.1) is 6.92 Å². The van der Waals surface area contributed by atoms with Crippen molar-refractivity contribution < 1.29 is 14.2 Å². The van der Waals surface area contributed by atoms with Crippen molar-refractivity contribution >= 4 is 56.6 Å². The number of hydrogen-bond acceptors (Lipinski definition) is 6. The highest BCUT2D eigenvalue weighted by Gasteiger charge is 2.12. The predicted octanol–water partition coefficient (Wildman–Crippen LogP) is 5.55. The van der Waals surface area contributed by atoms with Crippen molar-refractivity contribution in [3.63, 3.8) is 0 Å². The van der Waals surface area contributed by atoms with Crippen LogP contribution in [-0.4, -0.2) is 35.8 Å². The second-order valence-electron chi connectivity index (χ2n) is 8.02. The highest BCUT2D eigenvalue weighted by atomic mass is 35.5. The zero-order valence-electron chi connectivity index (χ0n) is 19.4. The molecule has 5 aromatic rings. The molecule has 0 saturated heterocycles. The number of hydrogen-bond donors (Lipinski definition) is 0. The summed E-state index contributed by atoms with van der Waals surface area (Å²) in [6.45, 7) is 3.53. The SMILES string of the molecule is Cc1ccccc1OCCOCCOc1c(Cl)cc(/C=c2\sc3nc4ccccc4n3c2=O)cc1Cl. The average Bonchev–Trinajstić information content (AvgIpc) is 3.37. The van der Waals surface area contributed by atoms with Crippen LogP contribution in [0.2, 0.25) is 10.0 Å². The Labute approximate surface area is 221 Å². The van der Waals surface area contributed by atoms with Gasteiger partial charge in [-0.25, -0.2) is 9.38 Å². The third-order valence-electron chi connectivity index (χ3n) is 5.52. The minimum absolute atomic E-state index is 0.125. The Bertz CT molecular complexity index is 1620. The quantitative estimate of drug-likeness (QED) is 0.229. The van der Waals surface area contributed by atoms with E-state index in [1.807, 2.05) is 55.5 Å². The summed E-state index contributed by atoms with van der Waals surface area (Å²) in [6.07, 6.45) is 1.76. The maximum atomic E-state index is 13.0. The van der Waals surface area contributed by atoms with Crippen molar-refractivity contribution in [1.29, 1.82) is 0 Å². The van der Waals surface area contributed by atoms with Crippen LogP contribution in [0.5, 0.6) is 11.5 Å². The summed E-state index contributed by atoms with van der Waals surface area (Å²) in [6, 6.07) is 18.8. The molecule has 0 bridgehead atoms. The molecule has 0 aliphatic rings. The number of halogens is 2. The van der Waals surface area contributed by atoms with Gasteiger partial charge >= 0.3 is 0 Å². The van der Waals surface area contributed by atoms with Crippen LogP contribution in [-0.2, 0) is 4.74 Å². The molecule has 2 aromatic heterocycles. The third kappa shape index (κ3) is 5.20. The van der Waals surface area contributed by atoms with Crippen LogP contribution in [0.4, 0.5) is 0 Å². The van der Waals surface area contributed by atoms with Crippen LogP contribution < -0.4 is 19.6 Å². The summed E-state index contributed by atoms with van der Waals surface area (Å²) in [4.78, 5) is 18.2. The molecular formula is C27H22Cl2N2O4S. The van der Waals surface area contributed by atoms with Crippen LogP contribution in [0.15, 0.2) is 65.5 Å². The molecule has 0 aliphatic carbocycles. The summed E-state index contributed by atoms with van der Waals surface area (Å²) in [7, 11) is 0. The zero-order valence-corrected chi connectivity index (χ0v) is 21.7. The van der Waals surface area contributed by atoms with Crippen LogP contribution in [0.3, 0.4) is 0 Å². The molecule has 6 nitrogen and oxygen atoms in total. The molecule has 0 aliphatic heterocycles. The molecule has 3 aromatic carbocycles. The van der Waals surface area contributed by atoms with Crippen molar-refractivity contribution in [3.05, 3.63) is 96.7 Å². The van der Waals surface area contributed by atoms with E-state index in [9.17, 15) is 4.79 Å². The fourth-order valence-electron chi connectivity index (χ4n) is 3.80. The lowest BCUT2D eigenvalue weighted by Gasteiger charge is -2.12. The van der Waals surface area contributed by atoms with Gasteiger partial charge in [0.25, 0.3) is 5.56 Å². The van der Waals surface area contributed by atoms with E-state index in [0.29, 0.717) is 50.7 Å². The van der Waals surface area contributed by atoms with Crippen molar-refractivity contribution in [1.82, 2.24) is 9.38 Å². The Balaban J connectivity index is 1.20. The number of para-hydroxylation sites is 3. The molecule has 36 heavy (non-hydrogen) atoms. The lowest BCUT2D eigenvalue weighted by Crippen LogP contribution is -2.22. The monoisotopic (exact) mass is 540 g/mol. The zero-order chi connectivity index (χ0) is 25.1. The van der Waals surface area contributed by atoms with Crippen molar-refractivity contribution in [3.8, 4) is 11.5 Å². The molecular weight excluding hydrogens is 519 g/mol. The molecule has 0 fully saturated rings. The fourth-order valence-corrected chi connectivity index (χ4v) is 5.40. The van der Waals surface area contributed by atoms with E-state index in [-0.39, 0.29) is 12.2 Å². The minimum atomic E-state index is -0.125. The summed E-state index contributed by atoms with van der Waals surface area (Å²) in [5.74, 6) is 1.23. The van der Waals surface area contributed by atoms with Gasteiger partial charge in [0.15, 0.2) is 10.7 Å². The number of fused-ring (bicyclic) bond motifs is 3. The Kier molecular flexibility index (Phi) is 7.43.